The zero-order valence-electron chi connectivity index (χ0n) is 9.17. The Morgan fingerprint density at radius 2 is 1.94 bits per heavy atom. The zero-order valence-corrected chi connectivity index (χ0v) is 10.7. The minimum absolute atomic E-state index is 0.455. The summed E-state index contributed by atoms with van der Waals surface area (Å²) in [7, 11) is 0. The van der Waals surface area contributed by atoms with Crippen molar-refractivity contribution in [3.05, 3.63) is 46.1 Å². The van der Waals surface area contributed by atoms with Crippen LogP contribution in [0.2, 0.25) is 10.0 Å². The number of nitrogens with two attached hydrogens (primary N) is 1. The number of hydrogen-bond donors (Lipinski definition) is 2. The lowest BCUT2D eigenvalue weighted by Gasteiger charge is -2.11. The Morgan fingerprint density at radius 3 is 2.71 bits per heavy atom. The summed E-state index contributed by atoms with van der Waals surface area (Å²) in [6, 6.07) is 8.99. The van der Waals surface area contributed by atoms with E-state index in [2.05, 4.69) is 10.3 Å². The maximum atomic E-state index is 6.07. The van der Waals surface area contributed by atoms with Crippen LogP contribution in [0.4, 0.5) is 17.2 Å². The molecule has 88 valence electrons. The van der Waals surface area contributed by atoms with E-state index >= 15 is 0 Å². The second-order valence-electron chi connectivity index (χ2n) is 3.62. The van der Waals surface area contributed by atoms with Crippen molar-refractivity contribution in [2.75, 3.05) is 11.1 Å². The summed E-state index contributed by atoms with van der Waals surface area (Å²) in [6.45, 7) is 1.89. The van der Waals surface area contributed by atoms with E-state index in [1.807, 2.05) is 25.1 Å². The molecule has 0 amide bonds. The predicted octanol–water partition coefficient (Wildman–Crippen LogP) is 4.02. The number of aromatic nitrogens is 1. The predicted molar refractivity (Wildman–Crippen MR) is 73.1 cm³/mol. The van der Waals surface area contributed by atoms with Gasteiger partial charge in [-0.05, 0) is 31.2 Å². The lowest BCUT2D eigenvalue weighted by molar-refractivity contribution is 1.20. The maximum absolute atomic E-state index is 6.07. The average Bonchev–Trinajstić information content (AvgIpc) is 2.30. The van der Waals surface area contributed by atoms with Gasteiger partial charge in [0.2, 0.25) is 0 Å². The van der Waals surface area contributed by atoms with E-state index in [4.69, 9.17) is 28.9 Å². The van der Waals surface area contributed by atoms with Crippen LogP contribution >= 0.6 is 23.2 Å². The molecule has 0 aliphatic heterocycles. The van der Waals surface area contributed by atoms with Crippen LogP contribution in [0.3, 0.4) is 0 Å². The van der Waals surface area contributed by atoms with Crippen LogP contribution in [0.1, 0.15) is 5.69 Å². The molecule has 3 nitrogen and oxygen atoms in total. The monoisotopic (exact) mass is 267 g/mol. The quantitative estimate of drug-likeness (QED) is 0.864. The molecule has 1 aromatic heterocycles. The second-order valence-corrected chi connectivity index (χ2v) is 4.40. The summed E-state index contributed by atoms with van der Waals surface area (Å²) < 4.78 is 0. The molecule has 0 bridgehead atoms. The van der Waals surface area contributed by atoms with Gasteiger partial charge in [-0.2, -0.15) is 0 Å². The first-order valence-electron chi connectivity index (χ1n) is 5.02. The number of halogens is 2. The molecule has 0 aliphatic rings. The van der Waals surface area contributed by atoms with E-state index in [0.717, 1.165) is 5.69 Å². The minimum Gasteiger partial charge on any atom is -0.396 e. The smallest absolute Gasteiger partial charge is 0.153 e. The van der Waals surface area contributed by atoms with Gasteiger partial charge in [-0.15, -0.1) is 0 Å². The minimum atomic E-state index is 0.455. The molecule has 5 heteroatoms. The molecule has 2 aromatic rings. The third-order valence-electron chi connectivity index (χ3n) is 2.27. The van der Waals surface area contributed by atoms with E-state index in [1.54, 1.807) is 12.1 Å². The molecule has 1 heterocycles. The first-order valence-corrected chi connectivity index (χ1v) is 5.77. The number of nitrogen functional groups attached to an aromatic ring is 1. The van der Waals surface area contributed by atoms with Crippen molar-refractivity contribution in [1.82, 2.24) is 4.98 Å². The van der Waals surface area contributed by atoms with E-state index in [-0.39, 0.29) is 0 Å². The highest BCUT2D eigenvalue weighted by Gasteiger charge is 2.07. The highest BCUT2D eigenvalue weighted by Crippen LogP contribution is 2.32. The van der Waals surface area contributed by atoms with Gasteiger partial charge in [0.25, 0.3) is 0 Å². The molecule has 0 atom stereocenters. The average molecular weight is 268 g/mol. The number of anilines is 3. The van der Waals surface area contributed by atoms with E-state index in [0.29, 0.717) is 27.2 Å². The zero-order chi connectivity index (χ0) is 12.4. The van der Waals surface area contributed by atoms with E-state index in [9.17, 15) is 0 Å². The number of aryl methyl sites for hydroxylation is 1. The third kappa shape index (κ3) is 2.62. The first-order chi connectivity index (χ1) is 8.08. The highest BCUT2D eigenvalue weighted by molar-refractivity contribution is 6.43. The van der Waals surface area contributed by atoms with Gasteiger partial charge < -0.3 is 11.1 Å². The largest absolute Gasteiger partial charge is 0.396 e. The van der Waals surface area contributed by atoms with Gasteiger partial charge in [-0.1, -0.05) is 29.3 Å². The number of pyridine rings is 1. The number of benzene rings is 1. The maximum Gasteiger partial charge on any atom is 0.153 e. The summed E-state index contributed by atoms with van der Waals surface area (Å²) in [5.74, 6) is 0.578. The highest BCUT2D eigenvalue weighted by atomic mass is 35.5. The number of hydrogen-bond acceptors (Lipinski definition) is 3. The van der Waals surface area contributed by atoms with Crippen LogP contribution in [0.25, 0.3) is 0 Å². The summed E-state index contributed by atoms with van der Waals surface area (Å²) >= 11 is 12.0. The summed E-state index contributed by atoms with van der Waals surface area (Å²) in [6.07, 6.45) is 0. The normalized spacial score (nSPS) is 10.3. The standard InChI is InChI=1S/C12H11Cl2N3/c1-7-5-6-9(15)12(16-7)17-10-4-2-3-8(13)11(10)14/h2-6H,15H2,1H3,(H,16,17). The third-order valence-corrected chi connectivity index (χ3v) is 3.09. The molecule has 17 heavy (non-hydrogen) atoms. The lowest BCUT2D eigenvalue weighted by atomic mass is 10.3. The summed E-state index contributed by atoms with van der Waals surface area (Å²) in [5.41, 5.74) is 7.95. The summed E-state index contributed by atoms with van der Waals surface area (Å²) in [5, 5.41) is 4.01. The van der Waals surface area contributed by atoms with Crippen LogP contribution in [-0.4, -0.2) is 4.98 Å². The molecule has 3 N–H and O–H groups in total. The molecule has 1 aromatic carbocycles. The summed E-state index contributed by atoms with van der Waals surface area (Å²) in [4.78, 5) is 4.30. The first kappa shape index (κ1) is 12.0. The molecule has 2 rings (SSSR count). The van der Waals surface area contributed by atoms with Crippen molar-refractivity contribution in [3.8, 4) is 0 Å². The van der Waals surface area contributed by atoms with Crippen molar-refractivity contribution in [2.45, 2.75) is 6.92 Å². The SMILES string of the molecule is Cc1ccc(N)c(Nc2cccc(Cl)c2Cl)n1. The van der Waals surface area contributed by atoms with Gasteiger partial charge in [-0.25, -0.2) is 4.98 Å². The molecule has 0 saturated carbocycles. The molecular weight excluding hydrogens is 257 g/mol. The fraction of sp³-hybridized carbons (Fsp3) is 0.0833. The van der Waals surface area contributed by atoms with Crippen LogP contribution in [0.15, 0.2) is 30.3 Å². The van der Waals surface area contributed by atoms with E-state index < -0.39 is 0 Å². The van der Waals surface area contributed by atoms with Crippen LogP contribution in [0.5, 0.6) is 0 Å². The Morgan fingerprint density at radius 1 is 1.18 bits per heavy atom. The molecule has 0 unspecified atom stereocenters. The van der Waals surface area contributed by atoms with Gasteiger partial charge in [0, 0.05) is 5.69 Å². The van der Waals surface area contributed by atoms with Crippen molar-refractivity contribution >= 4 is 40.4 Å². The Kier molecular flexibility index (Phi) is 3.41. The topological polar surface area (TPSA) is 50.9 Å². The molecular formula is C12H11Cl2N3. The number of nitrogens with zero attached hydrogens (tertiary/aromatic N) is 1. The van der Waals surface area contributed by atoms with Gasteiger partial charge >= 0.3 is 0 Å². The molecule has 0 fully saturated rings. The van der Waals surface area contributed by atoms with Crippen LogP contribution in [-0.2, 0) is 0 Å². The van der Waals surface area contributed by atoms with Gasteiger partial charge in [0.15, 0.2) is 5.82 Å². The van der Waals surface area contributed by atoms with Crippen LogP contribution < -0.4 is 11.1 Å². The van der Waals surface area contributed by atoms with Gasteiger partial charge in [0.05, 0.1) is 21.4 Å². The molecule has 0 spiro atoms. The molecule has 0 radical (unpaired) electrons. The van der Waals surface area contributed by atoms with Gasteiger partial charge in [-0.3, -0.25) is 0 Å². The fourth-order valence-electron chi connectivity index (χ4n) is 1.40. The number of rotatable bonds is 2. The van der Waals surface area contributed by atoms with Crippen molar-refractivity contribution in [1.29, 1.82) is 0 Å². The Hall–Kier alpha value is -1.45. The Bertz CT molecular complexity index is 555. The lowest BCUT2D eigenvalue weighted by Crippen LogP contribution is -2.00. The number of nitrogens with one attached hydrogen (secondary N) is 1. The Labute approximate surface area is 110 Å². The fourth-order valence-corrected chi connectivity index (χ4v) is 1.74. The van der Waals surface area contributed by atoms with E-state index in [1.165, 1.54) is 0 Å². The van der Waals surface area contributed by atoms with Crippen LogP contribution in [0, 0.1) is 6.92 Å². The van der Waals surface area contributed by atoms with Crippen molar-refractivity contribution in [2.24, 2.45) is 0 Å². The molecule has 0 aliphatic carbocycles. The van der Waals surface area contributed by atoms with Gasteiger partial charge in [0.1, 0.15) is 0 Å². The molecule has 0 saturated heterocycles. The van der Waals surface area contributed by atoms with Crippen molar-refractivity contribution < 1.29 is 0 Å². The Balaban J connectivity index is 2.38. The van der Waals surface area contributed by atoms with Crippen molar-refractivity contribution in [3.63, 3.8) is 0 Å². The second kappa shape index (κ2) is 4.82.